The molecular formula is C21H17Br2Cl2FeN3. The number of aliphatic imine (C=N–C) groups is 2. The second kappa shape index (κ2) is 13.3. The third kappa shape index (κ3) is 7.63. The fourth-order valence-corrected chi connectivity index (χ4v) is 3.15. The maximum Gasteiger partial charge on any atom is 2.00 e. The number of aromatic nitrogens is 1. The largest absolute Gasteiger partial charge is 2.00 e. The maximum atomic E-state index is 4.73. The normalized spacial score (nSPS) is 11.0. The molecule has 29 heavy (non-hydrogen) atoms. The van der Waals surface area contributed by atoms with Crippen LogP contribution in [0.5, 0.6) is 0 Å². The molecule has 0 atom stereocenters. The van der Waals surface area contributed by atoms with Gasteiger partial charge in [-0.05, 0) is 82.1 Å². The summed E-state index contributed by atoms with van der Waals surface area (Å²) in [5, 5.41) is 0. The predicted molar refractivity (Wildman–Crippen MR) is 116 cm³/mol. The fraction of sp³-hybridized carbons (Fsp3) is 0.0952. The summed E-state index contributed by atoms with van der Waals surface area (Å²) in [6.07, 6.45) is 0. The molecule has 152 valence electrons. The molecule has 1 heterocycles. The Balaban J connectivity index is 0.00000261. The Labute approximate surface area is 211 Å². The van der Waals surface area contributed by atoms with Crippen molar-refractivity contribution < 1.29 is 41.9 Å². The molecule has 0 aliphatic carbocycles. The molecule has 0 saturated heterocycles. The minimum Gasteiger partial charge on any atom is -1.00 e. The average molecular weight is 598 g/mol. The van der Waals surface area contributed by atoms with E-state index in [0.717, 1.165) is 43.1 Å². The Morgan fingerprint density at radius 1 is 0.655 bits per heavy atom. The number of benzene rings is 2. The van der Waals surface area contributed by atoms with Crippen molar-refractivity contribution in [2.45, 2.75) is 13.8 Å². The van der Waals surface area contributed by atoms with Crippen LogP contribution >= 0.6 is 31.9 Å². The molecule has 0 spiro atoms. The van der Waals surface area contributed by atoms with Crippen molar-refractivity contribution in [3.05, 3.63) is 87.1 Å². The van der Waals surface area contributed by atoms with Crippen molar-refractivity contribution in [2.75, 3.05) is 0 Å². The molecule has 0 unspecified atom stereocenters. The van der Waals surface area contributed by atoms with Crippen LogP contribution in [0.15, 0.2) is 85.7 Å². The first-order valence-corrected chi connectivity index (χ1v) is 9.70. The van der Waals surface area contributed by atoms with Crippen LogP contribution in [0.1, 0.15) is 25.2 Å². The van der Waals surface area contributed by atoms with Crippen molar-refractivity contribution in [1.82, 2.24) is 4.98 Å². The summed E-state index contributed by atoms with van der Waals surface area (Å²) in [4.78, 5) is 14.1. The van der Waals surface area contributed by atoms with Gasteiger partial charge in [-0.25, -0.2) is 4.98 Å². The Bertz CT molecular complexity index is 934. The molecule has 0 radical (unpaired) electrons. The number of para-hydroxylation sites is 2. The Morgan fingerprint density at radius 2 is 1.03 bits per heavy atom. The number of halogens is 4. The van der Waals surface area contributed by atoms with Gasteiger partial charge in [0.25, 0.3) is 0 Å². The molecule has 2 aromatic carbocycles. The van der Waals surface area contributed by atoms with E-state index in [1.807, 2.05) is 80.6 Å². The summed E-state index contributed by atoms with van der Waals surface area (Å²) < 4.78 is 1.92. The molecule has 0 amide bonds. The zero-order chi connectivity index (χ0) is 18.5. The van der Waals surface area contributed by atoms with Crippen molar-refractivity contribution >= 4 is 54.7 Å². The van der Waals surface area contributed by atoms with Crippen LogP contribution < -0.4 is 24.8 Å². The van der Waals surface area contributed by atoms with Crippen LogP contribution in [0.4, 0.5) is 11.4 Å². The molecule has 0 saturated carbocycles. The van der Waals surface area contributed by atoms with Crippen molar-refractivity contribution in [1.29, 1.82) is 0 Å². The molecule has 3 aromatic rings. The summed E-state index contributed by atoms with van der Waals surface area (Å²) in [5.74, 6) is 0. The molecule has 0 fully saturated rings. The van der Waals surface area contributed by atoms with E-state index in [1.165, 1.54) is 0 Å². The van der Waals surface area contributed by atoms with Gasteiger partial charge in [0, 0.05) is 8.95 Å². The zero-order valence-electron chi connectivity index (χ0n) is 15.6. The van der Waals surface area contributed by atoms with Crippen LogP contribution in [0.3, 0.4) is 0 Å². The standard InChI is InChI=1S/C21H17Br2N3.2ClH.Fe/c1-14(24-20-10-5-3-8-16(20)22)18-12-7-13-19(26-18)15(2)25-21-11-6-4-9-17(21)23;;;/h3-13H,1-2H3;2*1H;/q;;;+2/p-2/b24-14+,25-15+;;;. The van der Waals surface area contributed by atoms with Gasteiger partial charge in [-0.15, -0.1) is 0 Å². The first-order valence-electron chi connectivity index (χ1n) is 8.12. The van der Waals surface area contributed by atoms with E-state index in [2.05, 4.69) is 41.8 Å². The third-order valence-electron chi connectivity index (χ3n) is 3.77. The first-order chi connectivity index (χ1) is 12.5. The number of pyridine rings is 1. The summed E-state index contributed by atoms with van der Waals surface area (Å²) in [7, 11) is 0. The summed E-state index contributed by atoms with van der Waals surface area (Å²) in [6, 6.07) is 21.7. The molecule has 0 N–H and O–H groups in total. The SMILES string of the molecule is C/C(=N\c1ccccc1Br)c1cccc(/C(C)=N/c2ccccc2Br)n1.[Cl-].[Cl-].[Fe+2]. The summed E-state index contributed by atoms with van der Waals surface area (Å²) in [6.45, 7) is 3.93. The summed E-state index contributed by atoms with van der Waals surface area (Å²) >= 11 is 7.06. The molecule has 0 aliphatic heterocycles. The van der Waals surface area contributed by atoms with E-state index in [1.54, 1.807) is 0 Å². The van der Waals surface area contributed by atoms with Gasteiger partial charge in [-0.3, -0.25) is 9.98 Å². The Hall–Kier alpha value is -1.01. The predicted octanol–water partition coefficient (Wildman–Crippen LogP) is 0.894. The van der Waals surface area contributed by atoms with E-state index >= 15 is 0 Å². The van der Waals surface area contributed by atoms with E-state index in [-0.39, 0.29) is 41.9 Å². The average Bonchev–Trinajstić information content (AvgIpc) is 2.65. The zero-order valence-corrected chi connectivity index (χ0v) is 21.3. The smallest absolute Gasteiger partial charge is 1.00 e. The number of rotatable bonds is 4. The Morgan fingerprint density at radius 3 is 1.41 bits per heavy atom. The second-order valence-electron chi connectivity index (χ2n) is 5.71. The van der Waals surface area contributed by atoms with Crippen LogP contribution in [-0.4, -0.2) is 16.4 Å². The first kappa shape index (κ1) is 28.0. The quantitative estimate of drug-likeness (QED) is 0.325. The molecule has 8 heteroatoms. The minimum absolute atomic E-state index is 0. The van der Waals surface area contributed by atoms with Crippen LogP contribution in [0.25, 0.3) is 0 Å². The van der Waals surface area contributed by atoms with Crippen molar-refractivity contribution in [2.24, 2.45) is 9.98 Å². The van der Waals surface area contributed by atoms with Gasteiger partial charge >= 0.3 is 17.1 Å². The van der Waals surface area contributed by atoms with Crippen molar-refractivity contribution in [3.8, 4) is 0 Å². The molecule has 0 bridgehead atoms. The van der Waals surface area contributed by atoms with Gasteiger partial charge in [0.05, 0.1) is 34.2 Å². The molecule has 3 nitrogen and oxygen atoms in total. The molecular weight excluding hydrogens is 581 g/mol. The van der Waals surface area contributed by atoms with Gasteiger partial charge < -0.3 is 24.8 Å². The summed E-state index contributed by atoms with van der Waals surface area (Å²) in [5.41, 5.74) is 5.14. The van der Waals surface area contributed by atoms with Crippen LogP contribution in [0.2, 0.25) is 0 Å². The van der Waals surface area contributed by atoms with E-state index in [0.29, 0.717) is 0 Å². The van der Waals surface area contributed by atoms with Crippen LogP contribution in [0, 0.1) is 0 Å². The van der Waals surface area contributed by atoms with Gasteiger partial charge in [-0.1, -0.05) is 30.3 Å². The number of hydrogen-bond donors (Lipinski definition) is 0. The van der Waals surface area contributed by atoms with E-state index < -0.39 is 0 Å². The van der Waals surface area contributed by atoms with Gasteiger partial charge in [-0.2, -0.15) is 0 Å². The maximum absolute atomic E-state index is 4.73. The molecule has 1 aromatic heterocycles. The van der Waals surface area contributed by atoms with Gasteiger partial charge in [0.15, 0.2) is 0 Å². The fourth-order valence-electron chi connectivity index (χ4n) is 2.40. The van der Waals surface area contributed by atoms with Gasteiger partial charge in [0.1, 0.15) is 0 Å². The molecule has 0 aliphatic rings. The second-order valence-corrected chi connectivity index (χ2v) is 7.41. The molecule has 3 rings (SSSR count). The monoisotopic (exact) mass is 595 g/mol. The van der Waals surface area contributed by atoms with E-state index in [4.69, 9.17) is 4.98 Å². The van der Waals surface area contributed by atoms with E-state index in [9.17, 15) is 0 Å². The number of nitrogens with zero attached hydrogens (tertiary/aromatic N) is 3. The van der Waals surface area contributed by atoms with Gasteiger partial charge in [0.2, 0.25) is 0 Å². The minimum atomic E-state index is 0. The van der Waals surface area contributed by atoms with Crippen LogP contribution in [-0.2, 0) is 17.1 Å². The Kier molecular flexibility index (Phi) is 12.9. The third-order valence-corrected chi connectivity index (χ3v) is 5.11. The topological polar surface area (TPSA) is 37.6 Å². The van der Waals surface area contributed by atoms with Crippen molar-refractivity contribution in [3.63, 3.8) is 0 Å². The number of hydrogen-bond acceptors (Lipinski definition) is 3.